The van der Waals surface area contributed by atoms with Crippen molar-refractivity contribution in [1.29, 1.82) is 0 Å². The van der Waals surface area contributed by atoms with Crippen LogP contribution in [0.5, 0.6) is 0 Å². The van der Waals surface area contributed by atoms with Crippen molar-refractivity contribution >= 4 is 23.5 Å². The monoisotopic (exact) mass is 243 g/mol. The molecule has 0 radical (unpaired) electrons. The summed E-state index contributed by atoms with van der Waals surface area (Å²) in [4.78, 5) is 15.7. The van der Waals surface area contributed by atoms with Crippen LogP contribution in [0.4, 0.5) is 0 Å². The summed E-state index contributed by atoms with van der Waals surface area (Å²) in [5.41, 5.74) is 1.53. The van der Waals surface area contributed by atoms with Crippen LogP contribution in [0.25, 0.3) is 6.08 Å². The maximum Gasteiger partial charge on any atom is 0.185 e. The Morgan fingerprint density at radius 3 is 2.65 bits per heavy atom. The minimum absolute atomic E-state index is 0.0655. The molecule has 0 unspecified atom stereocenters. The highest BCUT2D eigenvalue weighted by atomic mass is 35.5. The van der Waals surface area contributed by atoms with Gasteiger partial charge in [0, 0.05) is 23.0 Å². The van der Waals surface area contributed by atoms with E-state index < -0.39 is 0 Å². The maximum atomic E-state index is 11.8. The number of carbonyl (C=O) groups is 1. The molecular formula is C14H10ClNO. The lowest BCUT2D eigenvalue weighted by atomic mass is 10.1. The van der Waals surface area contributed by atoms with E-state index in [1.165, 1.54) is 6.08 Å². The third kappa shape index (κ3) is 3.26. The van der Waals surface area contributed by atoms with Gasteiger partial charge in [0.05, 0.1) is 0 Å². The summed E-state index contributed by atoms with van der Waals surface area (Å²) in [5.74, 6) is -0.0655. The van der Waals surface area contributed by atoms with Crippen LogP contribution < -0.4 is 0 Å². The summed E-state index contributed by atoms with van der Waals surface area (Å²) >= 11 is 5.82. The Balaban J connectivity index is 2.15. The van der Waals surface area contributed by atoms with Gasteiger partial charge in [-0.15, -0.1) is 0 Å². The van der Waals surface area contributed by atoms with Crippen molar-refractivity contribution < 1.29 is 4.79 Å². The van der Waals surface area contributed by atoms with E-state index in [2.05, 4.69) is 4.98 Å². The number of ketones is 1. The average molecular weight is 244 g/mol. The second kappa shape index (κ2) is 5.41. The Kier molecular flexibility index (Phi) is 3.68. The fraction of sp³-hybridized carbons (Fsp3) is 0. The molecule has 3 heteroatoms. The Hall–Kier alpha value is -1.93. The van der Waals surface area contributed by atoms with Gasteiger partial charge in [-0.25, -0.2) is 0 Å². The van der Waals surface area contributed by atoms with Gasteiger partial charge in [0.25, 0.3) is 0 Å². The van der Waals surface area contributed by atoms with Crippen LogP contribution in [0, 0.1) is 0 Å². The lowest BCUT2D eigenvalue weighted by molar-refractivity contribution is 0.104. The first-order valence-corrected chi connectivity index (χ1v) is 5.51. The van der Waals surface area contributed by atoms with E-state index in [9.17, 15) is 4.79 Å². The van der Waals surface area contributed by atoms with Crippen molar-refractivity contribution in [3.8, 4) is 0 Å². The van der Waals surface area contributed by atoms with Crippen molar-refractivity contribution in [3.63, 3.8) is 0 Å². The molecule has 0 saturated carbocycles. The molecule has 0 bridgehead atoms. The van der Waals surface area contributed by atoms with Crippen LogP contribution in [0.3, 0.4) is 0 Å². The molecule has 1 heterocycles. The predicted molar refractivity (Wildman–Crippen MR) is 69.1 cm³/mol. The number of nitrogens with zero attached hydrogens (tertiary/aromatic N) is 1. The fourth-order valence-corrected chi connectivity index (χ4v) is 1.57. The molecular weight excluding hydrogens is 234 g/mol. The number of benzene rings is 1. The minimum Gasteiger partial charge on any atom is -0.289 e. The number of hydrogen-bond donors (Lipinski definition) is 0. The van der Waals surface area contributed by atoms with Gasteiger partial charge in [0.15, 0.2) is 5.78 Å². The zero-order valence-corrected chi connectivity index (χ0v) is 9.76. The molecule has 0 aliphatic carbocycles. The fourth-order valence-electron chi connectivity index (χ4n) is 1.38. The molecule has 0 spiro atoms. The Bertz CT molecular complexity index is 549. The van der Waals surface area contributed by atoms with Crippen LogP contribution in [-0.4, -0.2) is 10.8 Å². The quantitative estimate of drug-likeness (QED) is 0.609. The molecule has 1 aromatic carbocycles. The second-order valence-electron chi connectivity index (χ2n) is 3.49. The van der Waals surface area contributed by atoms with Gasteiger partial charge < -0.3 is 0 Å². The molecule has 2 rings (SSSR count). The first-order chi connectivity index (χ1) is 8.25. The smallest absolute Gasteiger partial charge is 0.185 e. The average Bonchev–Trinajstić information content (AvgIpc) is 2.37. The van der Waals surface area contributed by atoms with E-state index in [-0.39, 0.29) is 5.78 Å². The van der Waals surface area contributed by atoms with Crippen molar-refractivity contribution in [3.05, 3.63) is 71.0 Å². The molecule has 0 saturated heterocycles. The standard InChI is InChI=1S/C14H10ClNO/c15-13-3-1-2-12(10-13)14(17)5-4-11-6-8-16-9-7-11/h1-10H/b5-4+. The molecule has 17 heavy (non-hydrogen) atoms. The van der Waals surface area contributed by atoms with Crippen molar-refractivity contribution in [1.82, 2.24) is 4.98 Å². The van der Waals surface area contributed by atoms with E-state index >= 15 is 0 Å². The van der Waals surface area contributed by atoms with E-state index in [0.29, 0.717) is 10.6 Å². The van der Waals surface area contributed by atoms with Crippen LogP contribution in [0.15, 0.2) is 54.9 Å². The van der Waals surface area contributed by atoms with Gasteiger partial charge in [0.2, 0.25) is 0 Å². The second-order valence-corrected chi connectivity index (χ2v) is 3.92. The van der Waals surface area contributed by atoms with Gasteiger partial charge in [-0.1, -0.05) is 29.8 Å². The number of halogens is 1. The first-order valence-electron chi connectivity index (χ1n) is 5.14. The summed E-state index contributed by atoms with van der Waals surface area (Å²) < 4.78 is 0. The number of rotatable bonds is 3. The third-order valence-corrected chi connectivity index (χ3v) is 2.48. The molecule has 84 valence electrons. The highest BCUT2D eigenvalue weighted by Gasteiger charge is 2.01. The Morgan fingerprint density at radius 1 is 1.18 bits per heavy atom. The Labute approximate surface area is 105 Å². The number of pyridine rings is 1. The minimum atomic E-state index is -0.0655. The lowest BCUT2D eigenvalue weighted by Crippen LogP contribution is -1.93. The van der Waals surface area contributed by atoms with Crippen molar-refractivity contribution in [2.45, 2.75) is 0 Å². The summed E-state index contributed by atoms with van der Waals surface area (Å²) in [6.07, 6.45) is 6.65. The van der Waals surface area contributed by atoms with Crippen LogP contribution in [0.2, 0.25) is 5.02 Å². The Morgan fingerprint density at radius 2 is 1.94 bits per heavy atom. The van der Waals surface area contributed by atoms with Crippen LogP contribution in [0.1, 0.15) is 15.9 Å². The topological polar surface area (TPSA) is 30.0 Å². The molecule has 1 aromatic heterocycles. The molecule has 0 aliphatic rings. The molecule has 0 atom stereocenters. The predicted octanol–water partition coefficient (Wildman–Crippen LogP) is 3.63. The van der Waals surface area contributed by atoms with Gasteiger partial charge >= 0.3 is 0 Å². The molecule has 0 N–H and O–H groups in total. The number of hydrogen-bond acceptors (Lipinski definition) is 2. The zero-order chi connectivity index (χ0) is 12.1. The summed E-state index contributed by atoms with van der Waals surface area (Å²) in [6.45, 7) is 0. The van der Waals surface area contributed by atoms with E-state index in [1.807, 2.05) is 12.1 Å². The van der Waals surface area contributed by atoms with Crippen LogP contribution in [-0.2, 0) is 0 Å². The highest BCUT2D eigenvalue weighted by molar-refractivity contribution is 6.31. The highest BCUT2D eigenvalue weighted by Crippen LogP contribution is 2.12. The largest absolute Gasteiger partial charge is 0.289 e. The van der Waals surface area contributed by atoms with Gasteiger partial charge in [-0.05, 0) is 35.9 Å². The van der Waals surface area contributed by atoms with Crippen LogP contribution >= 0.6 is 11.6 Å². The number of aromatic nitrogens is 1. The molecule has 2 aromatic rings. The normalized spacial score (nSPS) is 10.6. The molecule has 0 amide bonds. The summed E-state index contributed by atoms with van der Waals surface area (Å²) in [5, 5.41) is 0.563. The van der Waals surface area contributed by atoms with E-state index in [0.717, 1.165) is 5.56 Å². The maximum absolute atomic E-state index is 11.8. The summed E-state index contributed by atoms with van der Waals surface area (Å²) in [7, 11) is 0. The molecule has 0 fully saturated rings. The number of allylic oxidation sites excluding steroid dienone is 1. The molecule has 2 nitrogen and oxygen atoms in total. The first kappa shape index (κ1) is 11.6. The van der Waals surface area contributed by atoms with E-state index in [4.69, 9.17) is 11.6 Å². The van der Waals surface area contributed by atoms with Crippen molar-refractivity contribution in [2.24, 2.45) is 0 Å². The number of carbonyl (C=O) groups excluding carboxylic acids is 1. The third-order valence-electron chi connectivity index (χ3n) is 2.24. The molecule has 0 aliphatic heterocycles. The van der Waals surface area contributed by atoms with Gasteiger partial charge in [-0.2, -0.15) is 0 Å². The SMILES string of the molecule is O=C(/C=C/c1ccncc1)c1cccc(Cl)c1. The van der Waals surface area contributed by atoms with Crippen molar-refractivity contribution in [2.75, 3.05) is 0 Å². The summed E-state index contributed by atoms with van der Waals surface area (Å²) in [6, 6.07) is 10.6. The zero-order valence-electron chi connectivity index (χ0n) is 9.01. The van der Waals surface area contributed by atoms with E-state index in [1.54, 1.807) is 42.7 Å². The lowest BCUT2D eigenvalue weighted by Gasteiger charge is -1.96. The van der Waals surface area contributed by atoms with Gasteiger partial charge in [0.1, 0.15) is 0 Å². The van der Waals surface area contributed by atoms with Gasteiger partial charge in [-0.3, -0.25) is 9.78 Å².